The van der Waals surface area contributed by atoms with Crippen molar-refractivity contribution in [3.63, 3.8) is 0 Å². The number of aromatic nitrogens is 2. The van der Waals surface area contributed by atoms with Gasteiger partial charge in [-0.1, -0.05) is 17.7 Å². The minimum absolute atomic E-state index is 0.0597. The van der Waals surface area contributed by atoms with E-state index < -0.39 is 54.7 Å². The van der Waals surface area contributed by atoms with E-state index >= 15 is 0 Å². The number of benzene rings is 1. The maximum atomic E-state index is 14.2. The Labute approximate surface area is 292 Å². The molecule has 3 fully saturated rings. The molecular formula is C34H48ClFN5O7P. The predicted octanol–water partition coefficient (Wildman–Crippen LogP) is 6.16. The summed E-state index contributed by atoms with van der Waals surface area (Å²) in [6.07, 6.45) is 1.20. The van der Waals surface area contributed by atoms with Crippen LogP contribution in [0.2, 0.25) is 0 Å². The Morgan fingerprint density at radius 2 is 1.76 bits per heavy atom. The molecule has 12 nitrogen and oxygen atoms in total. The van der Waals surface area contributed by atoms with Crippen LogP contribution >= 0.6 is 19.2 Å². The number of aryl methyl sites for hydroxylation is 1. The van der Waals surface area contributed by atoms with E-state index in [4.69, 9.17) is 49.7 Å². The van der Waals surface area contributed by atoms with Gasteiger partial charge in [0.25, 0.3) is 0 Å². The number of aliphatic imine (C=N–C) groups is 1. The second-order valence-corrected chi connectivity index (χ2v) is 18.5. The molecule has 0 N–H and O–H groups in total. The van der Waals surface area contributed by atoms with E-state index in [1.54, 1.807) is 23.0 Å². The molecule has 5 heterocycles. The zero-order chi connectivity index (χ0) is 35.3. The zero-order valence-corrected chi connectivity index (χ0v) is 31.4. The van der Waals surface area contributed by atoms with Crippen molar-refractivity contribution in [3.05, 3.63) is 46.9 Å². The third-order valence-electron chi connectivity index (χ3n) is 9.42. The molecule has 270 valence electrons. The second-order valence-electron chi connectivity index (χ2n) is 16.3. The average molecular weight is 724 g/mol. The van der Waals surface area contributed by atoms with Gasteiger partial charge in [-0.15, -0.1) is 0 Å². The number of likely N-dealkylation sites (tertiary alicyclic amines) is 1. The summed E-state index contributed by atoms with van der Waals surface area (Å²) in [5.74, 6) is 0.412. The van der Waals surface area contributed by atoms with Crippen LogP contribution in [0.4, 0.5) is 10.2 Å². The molecule has 1 unspecified atom stereocenters. The number of ether oxygens (including phenoxy) is 4. The van der Waals surface area contributed by atoms with Crippen molar-refractivity contribution in [2.45, 2.75) is 121 Å². The van der Waals surface area contributed by atoms with Crippen LogP contribution in [0.5, 0.6) is 0 Å². The van der Waals surface area contributed by atoms with Gasteiger partial charge in [0.05, 0.1) is 29.6 Å². The van der Waals surface area contributed by atoms with E-state index in [-0.39, 0.29) is 24.2 Å². The van der Waals surface area contributed by atoms with Gasteiger partial charge < -0.3 is 37.8 Å². The van der Waals surface area contributed by atoms with E-state index in [1.807, 2.05) is 73.4 Å². The van der Waals surface area contributed by atoms with Gasteiger partial charge in [0.2, 0.25) is 5.62 Å². The topological polar surface area (TPSA) is 109 Å². The molecule has 5 atom stereocenters. The van der Waals surface area contributed by atoms with E-state index in [9.17, 15) is 8.96 Å². The minimum Gasteiger partial charge on any atom is -0.366 e. The lowest BCUT2D eigenvalue weighted by atomic mass is 9.74. The van der Waals surface area contributed by atoms with Crippen molar-refractivity contribution in [2.24, 2.45) is 4.99 Å². The summed E-state index contributed by atoms with van der Waals surface area (Å²) >= 11 is 6.85. The molecule has 0 radical (unpaired) electrons. The summed E-state index contributed by atoms with van der Waals surface area (Å²) < 4.78 is 66.9. The Hall–Kier alpha value is -2.09. The Morgan fingerprint density at radius 1 is 1.08 bits per heavy atom. The maximum absolute atomic E-state index is 14.2. The van der Waals surface area contributed by atoms with Crippen molar-refractivity contribution >= 4 is 30.9 Å². The van der Waals surface area contributed by atoms with E-state index in [0.717, 1.165) is 48.7 Å². The molecular weight excluding hydrogens is 676 g/mol. The van der Waals surface area contributed by atoms with Crippen LogP contribution < -0.4 is 4.90 Å². The lowest BCUT2D eigenvalue weighted by Gasteiger charge is -2.51. The van der Waals surface area contributed by atoms with Gasteiger partial charge in [-0.3, -0.25) is 4.57 Å². The van der Waals surface area contributed by atoms with Gasteiger partial charge >= 0.3 is 7.60 Å². The summed E-state index contributed by atoms with van der Waals surface area (Å²) in [6.45, 7) is 16.2. The Kier molecular flexibility index (Phi) is 8.64. The Morgan fingerprint density at radius 3 is 2.43 bits per heavy atom. The van der Waals surface area contributed by atoms with Crippen molar-refractivity contribution in [2.75, 3.05) is 38.0 Å². The van der Waals surface area contributed by atoms with Gasteiger partial charge in [0.1, 0.15) is 42.1 Å². The van der Waals surface area contributed by atoms with Gasteiger partial charge in [-0.05, 0) is 91.5 Å². The van der Waals surface area contributed by atoms with Crippen molar-refractivity contribution < 1.29 is 37.0 Å². The first-order chi connectivity index (χ1) is 22.8. The first-order valence-electron chi connectivity index (χ1n) is 16.9. The van der Waals surface area contributed by atoms with E-state index in [0.29, 0.717) is 0 Å². The molecule has 1 aromatic carbocycles. The molecule has 15 heteroatoms. The van der Waals surface area contributed by atoms with Crippen LogP contribution in [0.25, 0.3) is 0 Å². The molecule has 7 rings (SSSR count). The number of halogens is 2. The smallest absolute Gasteiger partial charge is 0.357 e. The number of nitrogens with zero attached hydrogens (tertiary/aromatic N) is 5. The number of anilines is 1. The lowest BCUT2D eigenvalue weighted by Crippen LogP contribution is -2.61. The fourth-order valence-electron chi connectivity index (χ4n) is 7.77. The van der Waals surface area contributed by atoms with E-state index in [1.165, 1.54) is 5.56 Å². The van der Waals surface area contributed by atoms with Crippen LogP contribution in [0.1, 0.15) is 84.7 Å². The second kappa shape index (κ2) is 12.0. The number of alkyl halides is 1. The summed E-state index contributed by atoms with van der Waals surface area (Å²) in [5.41, 5.74) is 0.939. The molecule has 1 spiro atoms. The zero-order valence-electron chi connectivity index (χ0n) is 29.7. The standard InChI is InChI=1S/C34H48ClFN5O7P/c1-31(2,3)47-49(42,48-32(4,5)6)19-43-16-24-25-26(46-33(7,8)45-25)29(44-24)41-28-22(15-37-41)27(38-30(35)39(28)9)40-17-34(18-40)13-12-20-10-11-21(36)14-23(20)34/h10-11,14-15,24-26,29-30H,12-13,16-19H2,1-9H3/t24-,25-,26-,29-,30?/m1/s1. The highest BCUT2D eigenvalue weighted by atomic mass is 35.5. The summed E-state index contributed by atoms with van der Waals surface area (Å²) in [5, 5.41) is 4.81. The summed E-state index contributed by atoms with van der Waals surface area (Å²) in [6, 6.07) is 5.15. The monoisotopic (exact) mass is 723 g/mol. The molecule has 1 aromatic heterocycles. The molecule has 2 aromatic rings. The van der Waals surface area contributed by atoms with Crippen LogP contribution in [0, 0.1) is 5.82 Å². The lowest BCUT2D eigenvalue weighted by molar-refractivity contribution is -0.202. The quantitative estimate of drug-likeness (QED) is 0.187. The van der Waals surface area contributed by atoms with Gasteiger partial charge in [0, 0.05) is 25.6 Å². The highest BCUT2D eigenvalue weighted by molar-refractivity contribution is 7.53. The van der Waals surface area contributed by atoms with E-state index in [2.05, 4.69) is 4.90 Å². The number of hydrogen-bond donors (Lipinski definition) is 0. The van der Waals surface area contributed by atoms with Crippen molar-refractivity contribution in [3.8, 4) is 0 Å². The summed E-state index contributed by atoms with van der Waals surface area (Å²) in [7, 11) is -1.77. The molecule has 49 heavy (non-hydrogen) atoms. The largest absolute Gasteiger partial charge is 0.366 e. The van der Waals surface area contributed by atoms with Crippen LogP contribution in [0.15, 0.2) is 29.4 Å². The molecule has 0 saturated carbocycles. The number of hydrogen-bond acceptors (Lipinski definition) is 11. The fraction of sp³-hybridized carbons (Fsp3) is 0.706. The van der Waals surface area contributed by atoms with Gasteiger partial charge in [0.15, 0.2) is 12.0 Å². The highest BCUT2D eigenvalue weighted by Crippen LogP contribution is 2.55. The van der Waals surface area contributed by atoms with Crippen molar-refractivity contribution in [1.82, 2.24) is 14.7 Å². The maximum Gasteiger partial charge on any atom is 0.357 e. The molecule has 4 aliphatic heterocycles. The van der Waals surface area contributed by atoms with Crippen LogP contribution in [0.3, 0.4) is 0 Å². The minimum atomic E-state index is -3.64. The third-order valence-corrected chi connectivity index (χ3v) is 12.0. The molecule has 1 aliphatic carbocycles. The van der Waals surface area contributed by atoms with Crippen LogP contribution in [-0.2, 0) is 44.4 Å². The number of rotatable bonds is 7. The van der Waals surface area contributed by atoms with Gasteiger partial charge in [-0.25, -0.2) is 14.1 Å². The van der Waals surface area contributed by atoms with Crippen LogP contribution in [-0.4, -0.2) is 94.5 Å². The number of amidine groups is 1. The van der Waals surface area contributed by atoms with Gasteiger partial charge in [-0.2, -0.15) is 5.10 Å². The predicted molar refractivity (Wildman–Crippen MR) is 183 cm³/mol. The highest BCUT2D eigenvalue weighted by Gasteiger charge is 2.58. The number of fused-ring (bicyclic) bond motifs is 4. The Balaban J connectivity index is 1.11. The normalized spacial score (nSPS) is 28.8. The third kappa shape index (κ3) is 6.70. The fourth-order valence-corrected chi connectivity index (χ4v) is 10.1. The average Bonchev–Trinajstić information content (AvgIpc) is 3.68. The molecule has 5 aliphatic rings. The summed E-state index contributed by atoms with van der Waals surface area (Å²) in [4.78, 5) is 8.92. The van der Waals surface area contributed by atoms with Crippen molar-refractivity contribution in [1.29, 1.82) is 0 Å². The first kappa shape index (κ1) is 35.3. The molecule has 0 bridgehead atoms. The first-order valence-corrected chi connectivity index (χ1v) is 19.1. The SMILES string of the molecule is CN1c2c(cnn2[C@@H]2O[C@H](COCP(=O)(OC(C)(C)C)OC(C)(C)C)[C@H]3OC(C)(C)O[C@H]32)C(N2CC3(CCc4ccc(F)cc43)C2)=NC1Cl. The Bertz CT molecular complexity index is 1660. The molecule has 0 amide bonds. The molecule has 3 saturated heterocycles.